The molecule has 100 valence electrons. The molecule has 1 atom stereocenters. The molecule has 1 saturated heterocycles. The number of pyridine rings is 1. The van der Waals surface area contributed by atoms with Gasteiger partial charge in [-0.2, -0.15) is 0 Å². The third-order valence-electron chi connectivity index (χ3n) is 3.44. The van der Waals surface area contributed by atoms with E-state index in [1.165, 1.54) is 32.4 Å². The van der Waals surface area contributed by atoms with E-state index in [4.69, 9.17) is 5.73 Å². The predicted molar refractivity (Wildman–Crippen MR) is 79.7 cm³/mol. The maximum atomic E-state index is 5.67. The minimum Gasteiger partial charge on any atom is -0.397 e. The SMILES string of the molecule is CC(CNc1ncc(N)cc1Br)N1CCCCC1. The van der Waals surface area contributed by atoms with Crippen LogP contribution in [0.25, 0.3) is 0 Å². The van der Waals surface area contributed by atoms with E-state index < -0.39 is 0 Å². The molecule has 1 aliphatic heterocycles. The van der Waals surface area contributed by atoms with Crippen LogP contribution in [0.2, 0.25) is 0 Å². The summed E-state index contributed by atoms with van der Waals surface area (Å²) in [4.78, 5) is 6.84. The van der Waals surface area contributed by atoms with Gasteiger partial charge in [0.15, 0.2) is 0 Å². The fourth-order valence-corrected chi connectivity index (χ4v) is 2.82. The van der Waals surface area contributed by atoms with E-state index >= 15 is 0 Å². The second-order valence-corrected chi connectivity index (χ2v) is 5.78. The summed E-state index contributed by atoms with van der Waals surface area (Å²) < 4.78 is 0.924. The van der Waals surface area contributed by atoms with Gasteiger partial charge in [0, 0.05) is 12.6 Å². The summed E-state index contributed by atoms with van der Waals surface area (Å²) in [5, 5.41) is 3.38. The van der Waals surface area contributed by atoms with Crippen LogP contribution in [0.1, 0.15) is 26.2 Å². The smallest absolute Gasteiger partial charge is 0.140 e. The molecule has 1 aromatic rings. The van der Waals surface area contributed by atoms with Gasteiger partial charge in [-0.05, 0) is 54.9 Å². The highest BCUT2D eigenvalue weighted by Gasteiger charge is 2.16. The summed E-state index contributed by atoms with van der Waals surface area (Å²) in [6.45, 7) is 5.62. The van der Waals surface area contributed by atoms with Crippen LogP contribution in [-0.2, 0) is 0 Å². The van der Waals surface area contributed by atoms with Crippen LogP contribution in [0.3, 0.4) is 0 Å². The van der Waals surface area contributed by atoms with Crippen LogP contribution in [0.15, 0.2) is 16.7 Å². The van der Waals surface area contributed by atoms with Crippen molar-refractivity contribution in [2.45, 2.75) is 32.2 Å². The number of aromatic nitrogens is 1. The maximum absolute atomic E-state index is 5.67. The zero-order valence-corrected chi connectivity index (χ0v) is 12.4. The largest absolute Gasteiger partial charge is 0.397 e. The van der Waals surface area contributed by atoms with Crippen LogP contribution in [0.5, 0.6) is 0 Å². The number of likely N-dealkylation sites (tertiary alicyclic amines) is 1. The van der Waals surface area contributed by atoms with E-state index in [1.807, 2.05) is 6.07 Å². The van der Waals surface area contributed by atoms with Crippen LogP contribution in [0.4, 0.5) is 11.5 Å². The molecule has 0 saturated carbocycles. The zero-order valence-electron chi connectivity index (χ0n) is 10.8. The molecular formula is C13H21BrN4. The highest BCUT2D eigenvalue weighted by Crippen LogP contribution is 2.22. The molecule has 0 spiro atoms. The van der Waals surface area contributed by atoms with E-state index in [1.54, 1.807) is 6.20 Å². The van der Waals surface area contributed by atoms with Crippen LogP contribution >= 0.6 is 15.9 Å². The number of hydrogen-bond donors (Lipinski definition) is 2. The molecule has 0 radical (unpaired) electrons. The average Bonchev–Trinajstić information content (AvgIpc) is 2.38. The van der Waals surface area contributed by atoms with Crippen molar-refractivity contribution in [1.29, 1.82) is 0 Å². The lowest BCUT2D eigenvalue weighted by Gasteiger charge is -2.32. The Morgan fingerprint density at radius 2 is 2.17 bits per heavy atom. The van der Waals surface area contributed by atoms with Gasteiger partial charge >= 0.3 is 0 Å². The second kappa shape index (κ2) is 6.38. The molecule has 5 heteroatoms. The van der Waals surface area contributed by atoms with Crippen LogP contribution in [-0.4, -0.2) is 35.6 Å². The molecule has 0 amide bonds. The second-order valence-electron chi connectivity index (χ2n) is 4.93. The van der Waals surface area contributed by atoms with E-state index in [0.29, 0.717) is 11.7 Å². The van der Waals surface area contributed by atoms with Gasteiger partial charge in [-0.1, -0.05) is 6.42 Å². The lowest BCUT2D eigenvalue weighted by Crippen LogP contribution is -2.41. The van der Waals surface area contributed by atoms with Gasteiger partial charge in [-0.3, -0.25) is 4.90 Å². The summed E-state index contributed by atoms with van der Waals surface area (Å²) in [5.74, 6) is 0.869. The summed E-state index contributed by atoms with van der Waals surface area (Å²) in [6.07, 6.45) is 5.71. The topological polar surface area (TPSA) is 54.2 Å². The van der Waals surface area contributed by atoms with Gasteiger partial charge < -0.3 is 11.1 Å². The molecule has 0 aromatic carbocycles. The number of nitrogen functional groups attached to an aromatic ring is 1. The number of hydrogen-bond acceptors (Lipinski definition) is 4. The summed E-state index contributed by atoms with van der Waals surface area (Å²) in [7, 11) is 0. The Kier molecular flexibility index (Phi) is 4.83. The standard InChI is InChI=1S/C13H21BrN4/c1-10(18-5-3-2-4-6-18)8-16-13-12(14)7-11(15)9-17-13/h7,9-10H,2-6,8,15H2,1H3,(H,16,17). The van der Waals surface area contributed by atoms with Crippen molar-refractivity contribution < 1.29 is 0 Å². The van der Waals surface area contributed by atoms with Crippen molar-refractivity contribution in [3.63, 3.8) is 0 Å². The van der Waals surface area contributed by atoms with Gasteiger partial charge in [-0.25, -0.2) is 4.98 Å². The molecule has 3 N–H and O–H groups in total. The monoisotopic (exact) mass is 312 g/mol. The quantitative estimate of drug-likeness (QED) is 0.897. The van der Waals surface area contributed by atoms with E-state index in [9.17, 15) is 0 Å². The highest BCUT2D eigenvalue weighted by molar-refractivity contribution is 9.10. The van der Waals surface area contributed by atoms with Gasteiger partial charge in [-0.15, -0.1) is 0 Å². The molecule has 1 aliphatic rings. The molecule has 2 rings (SSSR count). The molecule has 4 nitrogen and oxygen atoms in total. The molecule has 2 heterocycles. The number of rotatable bonds is 4. The Hall–Kier alpha value is -0.810. The molecule has 0 bridgehead atoms. The lowest BCUT2D eigenvalue weighted by molar-refractivity contribution is 0.180. The first-order chi connectivity index (χ1) is 8.66. The summed E-state index contributed by atoms with van der Waals surface area (Å²) in [5.41, 5.74) is 6.35. The van der Waals surface area contributed by atoms with Crippen molar-refractivity contribution in [2.24, 2.45) is 0 Å². The van der Waals surface area contributed by atoms with Crippen molar-refractivity contribution in [3.8, 4) is 0 Å². The Morgan fingerprint density at radius 3 is 2.83 bits per heavy atom. The van der Waals surface area contributed by atoms with Crippen molar-refractivity contribution in [3.05, 3.63) is 16.7 Å². The number of nitrogens with two attached hydrogens (primary N) is 1. The Balaban J connectivity index is 1.86. The third-order valence-corrected chi connectivity index (χ3v) is 4.05. The van der Waals surface area contributed by atoms with Crippen molar-refractivity contribution in [1.82, 2.24) is 9.88 Å². The minimum absolute atomic E-state index is 0.538. The van der Waals surface area contributed by atoms with Gasteiger partial charge in [0.1, 0.15) is 5.82 Å². The Bertz CT molecular complexity index is 391. The molecule has 1 fully saturated rings. The van der Waals surface area contributed by atoms with Gasteiger partial charge in [0.05, 0.1) is 16.4 Å². The fraction of sp³-hybridized carbons (Fsp3) is 0.615. The number of nitrogens with zero attached hydrogens (tertiary/aromatic N) is 2. The molecule has 1 aromatic heterocycles. The lowest BCUT2D eigenvalue weighted by atomic mass is 10.1. The number of anilines is 2. The first kappa shape index (κ1) is 13.6. The Morgan fingerprint density at radius 1 is 1.44 bits per heavy atom. The fourth-order valence-electron chi connectivity index (χ4n) is 2.32. The number of halogens is 1. The molecule has 0 aliphatic carbocycles. The van der Waals surface area contributed by atoms with E-state index in [2.05, 4.69) is 38.1 Å². The van der Waals surface area contributed by atoms with Gasteiger partial charge in [0.2, 0.25) is 0 Å². The van der Waals surface area contributed by atoms with Gasteiger partial charge in [0.25, 0.3) is 0 Å². The van der Waals surface area contributed by atoms with Crippen molar-refractivity contribution >= 4 is 27.4 Å². The number of nitrogens with one attached hydrogen (secondary N) is 1. The normalized spacial score (nSPS) is 18.6. The van der Waals surface area contributed by atoms with E-state index in [0.717, 1.165) is 16.8 Å². The first-order valence-corrected chi connectivity index (χ1v) is 7.35. The van der Waals surface area contributed by atoms with Crippen LogP contribution < -0.4 is 11.1 Å². The molecular weight excluding hydrogens is 292 g/mol. The zero-order chi connectivity index (χ0) is 13.0. The van der Waals surface area contributed by atoms with Crippen LogP contribution in [0, 0.1) is 0 Å². The maximum Gasteiger partial charge on any atom is 0.140 e. The summed E-state index contributed by atoms with van der Waals surface area (Å²) in [6, 6.07) is 2.41. The molecule has 1 unspecified atom stereocenters. The molecule has 18 heavy (non-hydrogen) atoms. The number of piperidine rings is 1. The minimum atomic E-state index is 0.538. The summed E-state index contributed by atoms with van der Waals surface area (Å²) >= 11 is 3.47. The van der Waals surface area contributed by atoms with Crippen molar-refractivity contribution in [2.75, 3.05) is 30.7 Å². The average molecular weight is 313 g/mol. The third kappa shape index (κ3) is 3.59. The predicted octanol–water partition coefficient (Wildman–Crippen LogP) is 2.71. The highest BCUT2D eigenvalue weighted by atomic mass is 79.9. The first-order valence-electron chi connectivity index (χ1n) is 6.56. The van der Waals surface area contributed by atoms with E-state index in [-0.39, 0.29) is 0 Å². The Labute approximate surface area is 117 Å².